The lowest BCUT2D eigenvalue weighted by Gasteiger charge is -2.04. The van der Waals surface area contributed by atoms with E-state index in [0.29, 0.717) is 0 Å². The van der Waals surface area contributed by atoms with Crippen molar-refractivity contribution in [3.8, 4) is 11.5 Å². The largest absolute Gasteiger partial charge is 0.586 e. The topological polar surface area (TPSA) is 73.9 Å². The van der Waals surface area contributed by atoms with E-state index >= 15 is 0 Å². The van der Waals surface area contributed by atoms with Crippen LogP contribution in [0.4, 0.5) is 14.5 Å². The average Bonchev–Trinajstić information content (AvgIpc) is 2.61. The second-order valence-electron chi connectivity index (χ2n) is 3.27. The number of halogens is 2. The summed E-state index contributed by atoms with van der Waals surface area (Å²) in [4.78, 5) is 22.0. The number of carbonyl (C=O) groups excluding carboxylic acids is 2. The van der Waals surface area contributed by atoms with Crippen molar-refractivity contribution in [2.24, 2.45) is 0 Å². The van der Waals surface area contributed by atoms with Gasteiger partial charge in [0.2, 0.25) is 0 Å². The van der Waals surface area contributed by atoms with Gasteiger partial charge in [-0.15, -0.1) is 8.78 Å². The van der Waals surface area contributed by atoms with Crippen LogP contribution in [0.2, 0.25) is 0 Å². The molecule has 1 aromatic rings. The van der Waals surface area contributed by atoms with Gasteiger partial charge in [0.15, 0.2) is 11.5 Å². The van der Waals surface area contributed by atoms with Crippen LogP contribution in [0.15, 0.2) is 18.2 Å². The third kappa shape index (κ3) is 2.31. The lowest BCUT2D eigenvalue weighted by atomic mass is 10.3. The molecule has 0 saturated heterocycles. The maximum Gasteiger partial charge on any atom is 0.586 e. The van der Waals surface area contributed by atoms with E-state index in [9.17, 15) is 18.4 Å². The Morgan fingerprint density at radius 2 is 1.94 bits per heavy atom. The number of amides is 1. The van der Waals surface area contributed by atoms with Crippen molar-refractivity contribution in [2.75, 3.05) is 12.4 Å². The molecule has 0 aromatic heterocycles. The number of anilines is 1. The van der Waals surface area contributed by atoms with E-state index in [4.69, 9.17) is 0 Å². The number of hydrogen-bond acceptors (Lipinski definition) is 5. The highest BCUT2D eigenvalue weighted by molar-refractivity contribution is 6.37. The number of nitrogens with one attached hydrogen (secondary N) is 1. The molecule has 1 N–H and O–H groups in total. The number of rotatable bonds is 1. The van der Waals surface area contributed by atoms with Crippen LogP contribution in [0.3, 0.4) is 0 Å². The first kappa shape index (κ1) is 12.1. The molecular formula is C10H7F2NO5. The first-order valence-electron chi connectivity index (χ1n) is 4.70. The van der Waals surface area contributed by atoms with Crippen LogP contribution in [-0.2, 0) is 14.3 Å². The van der Waals surface area contributed by atoms with E-state index in [1.165, 1.54) is 12.1 Å². The highest BCUT2D eigenvalue weighted by Gasteiger charge is 2.43. The fraction of sp³-hybridized carbons (Fsp3) is 0.200. The molecule has 0 unspecified atom stereocenters. The minimum absolute atomic E-state index is 0.102. The number of esters is 1. The van der Waals surface area contributed by atoms with Crippen LogP contribution >= 0.6 is 0 Å². The van der Waals surface area contributed by atoms with Gasteiger partial charge >= 0.3 is 18.2 Å². The summed E-state index contributed by atoms with van der Waals surface area (Å²) in [5, 5.41) is 2.16. The highest BCUT2D eigenvalue weighted by Crippen LogP contribution is 2.42. The molecule has 0 bridgehead atoms. The zero-order valence-electron chi connectivity index (χ0n) is 9.03. The molecule has 8 heteroatoms. The Hall–Kier alpha value is -2.38. The van der Waals surface area contributed by atoms with E-state index < -0.39 is 18.2 Å². The lowest BCUT2D eigenvalue weighted by molar-refractivity contribution is -0.286. The standard InChI is InChI=1S/C10H7F2NO5/c1-16-9(15)8(14)13-5-2-3-6-7(4-5)18-10(11,12)17-6/h2-4H,1H3,(H,13,14). The van der Waals surface area contributed by atoms with Gasteiger partial charge in [0.25, 0.3) is 0 Å². The van der Waals surface area contributed by atoms with Crippen molar-refractivity contribution in [1.29, 1.82) is 0 Å². The van der Waals surface area contributed by atoms with Crippen LogP contribution in [0.25, 0.3) is 0 Å². The summed E-state index contributed by atoms with van der Waals surface area (Å²) in [7, 11) is 1.04. The van der Waals surface area contributed by atoms with Gasteiger partial charge in [-0.1, -0.05) is 0 Å². The summed E-state index contributed by atoms with van der Waals surface area (Å²) in [6.45, 7) is 0. The fourth-order valence-electron chi connectivity index (χ4n) is 1.30. The summed E-state index contributed by atoms with van der Waals surface area (Å²) in [5.74, 6) is -2.51. The smallest absolute Gasteiger partial charge is 0.462 e. The third-order valence-corrected chi connectivity index (χ3v) is 2.03. The zero-order chi connectivity index (χ0) is 13.3. The van der Waals surface area contributed by atoms with Crippen LogP contribution in [0.5, 0.6) is 11.5 Å². The predicted molar refractivity (Wildman–Crippen MR) is 53.3 cm³/mol. The molecule has 96 valence electrons. The predicted octanol–water partition coefficient (Wildman–Crippen LogP) is 1.12. The van der Waals surface area contributed by atoms with Gasteiger partial charge in [-0.3, -0.25) is 4.79 Å². The number of methoxy groups -OCH3 is 1. The Labute approximate surface area is 99.4 Å². The first-order valence-corrected chi connectivity index (χ1v) is 4.70. The third-order valence-electron chi connectivity index (χ3n) is 2.03. The second kappa shape index (κ2) is 4.13. The number of fused-ring (bicyclic) bond motifs is 1. The average molecular weight is 259 g/mol. The molecule has 18 heavy (non-hydrogen) atoms. The molecular weight excluding hydrogens is 252 g/mol. The van der Waals surface area contributed by atoms with Crippen LogP contribution < -0.4 is 14.8 Å². The van der Waals surface area contributed by atoms with Crippen molar-refractivity contribution in [3.05, 3.63) is 18.2 Å². The van der Waals surface area contributed by atoms with Crippen LogP contribution in [-0.4, -0.2) is 25.3 Å². The van der Waals surface area contributed by atoms with Gasteiger partial charge in [-0.05, 0) is 12.1 Å². The number of hydrogen-bond donors (Lipinski definition) is 1. The van der Waals surface area contributed by atoms with Crippen LogP contribution in [0.1, 0.15) is 0 Å². The van der Waals surface area contributed by atoms with Crippen LogP contribution in [0, 0.1) is 0 Å². The van der Waals surface area contributed by atoms with Gasteiger partial charge in [0, 0.05) is 11.8 Å². The summed E-state index contributed by atoms with van der Waals surface area (Å²) in [6.07, 6.45) is -3.73. The summed E-state index contributed by atoms with van der Waals surface area (Å²) < 4.78 is 37.9. The summed E-state index contributed by atoms with van der Waals surface area (Å²) >= 11 is 0. The van der Waals surface area contributed by atoms with Gasteiger partial charge < -0.3 is 19.5 Å². The SMILES string of the molecule is COC(=O)C(=O)Nc1ccc2c(c1)OC(F)(F)O2. The maximum atomic E-state index is 12.7. The van der Waals surface area contributed by atoms with Crippen molar-refractivity contribution in [2.45, 2.75) is 6.29 Å². The molecule has 1 aliphatic rings. The molecule has 1 heterocycles. The molecule has 0 fully saturated rings. The lowest BCUT2D eigenvalue weighted by Crippen LogP contribution is -2.26. The molecule has 0 saturated carbocycles. The van der Waals surface area contributed by atoms with Crippen molar-refractivity contribution in [1.82, 2.24) is 0 Å². The number of carbonyl (C=O) groups is 2. The Bertz CT molecular complexity index is 517. The monoisotopic (exact) mass is 259 g/mol. The molecule has 1 amide bonds. The van der Waals surface area contributed by atoms with Gasteiger partial charge in [-0.25, -0.2) is 4.79 Å². The number of alkyl halides is 2. The van der Waals surface area contributed by atoms with Crippen molar-refractivity contribution in [3.63, 3.8) is 0 Å². The van der Waals surface area contributed by atoms with Gasteiger partial charge in [0.05, 0.1) is 7.11 Å². The van der Waals surface area contributed by atoms with Crippen molar-refractivity contribution >= 4 is 17.6 Å². The minimum atomic E-state index is -3.73. The van der Waals surface area contributed by atoms with E-state index in [0.717, 1.165) is 13.2 Å². The second-order valence-corrected chi connectivity index (χ2v) is 3.27. The summed E-state index contributed by atoms with van der Waals surface area (Å²) in [6, 6.07) is 3.57. The Kier molecular flexibility index (Phi) is 2.77. The maximum absolute atomic E-state index is 12.7. The first-order chi connectivity index (χ1) is 8.41. The molecule has 0 radical (unpaired) electrons. The molecule has 0 spiro atoms. The fourth-order valence-corrected chi connectivity index (χ4v) is 1.30. The van der Waals surface area contributed by atoms with Gasteiger partial charge in [-0.2, -0.15) is 0 Å². The zero-order valence-corrected chi connectivity index (χ0v) is 9.03. The highest BCUT2D eigenvalue weighted by atomic mass is 19.3. The molecule has 1 aliphatic heterocycles. The minimum Gasteiger partial charge on any atom is -0.462 e. The van der Waals surface area contributed by atoms with E-state index in [1.54, 1.807) is 0 Å². The van der Waals surface area contributed by atoms with E-state index in [-0.39, 0.29) is 17.2 Å². The number of ether oxygens (including phenoxy) is 3. The molecule has 6 nitrogen and oxygen atoms in total. The Balaban J connectivity index is 2.14. The summed E-state index contributed by atoms with van der Waals surface area (Å²) in [5.41, 5.74) is 0.102. The van der Waals surface area contributed by atoms with Crippen molar-refractivity contribution < 1.29 is 32.6 Å². The Morgan fingerprint density at radius 3 is 2.61 bits per heavy atom. The quantitative estimate of drug-likeness (QED) is 0.604. The molecule has 0 aliphatic carbocycles. The molecule has 1 aromatic carbocycles. The number of benzene rings is 1. The normalized spacial score (nSPS) is 15.1. The van der Waals surface area contributed by atoms with E-state index in [2.05, 4.69) is 19.5 Å². The van der Waals surface area contributed by atoms with E-state index in [1.807, 2.05) is 0 Å². The Morgan fingerprint density at radius 1 is 1.28 bits per heavy atom. The molecule has 0 atom stereocenters. The molecule has 2 rings (SSSR count). The van der Waals surface area contributed by atoms with Gasteiger partial charge in [0.1, 0.15) is 0 Å².